The van der Waals surface area contributed by atoms with Crippen molar-refractivity contribution in [3.63, 3.8) is 0 Å². The maximum atomic E-state index is 10.6. The largest absolute Gasteiger partial charge is 0.481 e. The molecule has 0 bridgehead atoms. The van der Waals surface area contributed by atoms with Crippen LogP contribution in [0.4, 0.5) is 0 Å². The van der Waals surface area contributed by atoms with E-state index in [0.29, 0.717) is 0 Å². The molecular weight excluding hydrogens is 295 g/mol. The third-order valence-electron chi connectivity index (χ3n) is 2.66. The SMILES string of the molecule is O=C(O)CC1CCCc2c(I)n[nH]c21. The predicted octanol–water partition coefficient (Wildman–Crippen LogP) is 1.91. The normalized spacial score (nSPS) is 20.5. The molecule has 1 aromatic rings. The molecule has 0 radical (unpaired) electrons. The van der Waals surface area contributed by atoms with Gasteiger partial charge in [0.25, 0.3) is 0 Å². The molecule has 76 valence electrons. The standard InChI is InChI=1S/C9H11IN2O2/c10-9-6-3-1-2-5(4-7(13)14)8(6)11-12-9/h5H,1-4H2,(H,11,12)(H,13,14). The van der Waals surface area contributed by atoms with E-state index in [4.69, 9.17) is 5.11 Å². The Morgan fingerprint density at radius 2 is 2.50 bits per heavy atom. The zero-order chi connectivity index (χ0) is 10.1. The molecule has 2 rings (SSSR count). The molecule has 1 aliphatic rings. The summed E-state index contributed by atoms with van der Waals surface area (Å²) < 4.78 is 0.993. The summed E-state index contributed by atoms with van der Waals surface area (Å²) in [6.45, 7) is 0. The van der Waals surface area contributed by atoms with E-state index in [0.717, 1.165) is 28.7 Å². The molecule has 1 unspecified atom stereocenters. The van der Waals surface area contributed by atoms with Gasteiger partial charge in [-0.3, -0.25) is 9.89 Å². The van der Waals surface area contributed by atoms with E-state index >= 15 is 0 Å². The molecule has 1 aliphatic carbocycles. The van der Waals surface area contributed by atoms with Gasteiger partial charge in [-0.25, -0.2) is 0 Å². The van der Waals surface area contributed by atoms with Crippen LogP contribution in [0.25, 0.3) is 0 Å². The first-order valence-electron chi connectivity index (χ1n) is 4.63. The number of rotatable bonds is 2. The minimum Gasteiger partial charge on any atom is -0.481 e. The van der Waals surface area contributed by atoms with Crippen molar-refractivity contribution >= 4 is 28.6 Å². The van der Waals surface area contributed by atoms with Crippen LogP contribution in [-0.4, -0.2) is 21.3 Å². The second kappa shape index (κ2) is 3.88. The number of halogens is 1. The monoisotopic (exact) mass is 306 g/mol. The average Bonchev–Trinajstić information content (AvgIpc) is 2.49. The van der Waals surface area contributed by atoms with Crippen molar-refractivity contribution in [1.29, 1.82) is 0 Å². The highest BCUT2D eigenvalue weighted by atomic mass is 127. The van der Waals surface area contributed by atoms with Gasteiger partial charge in [0, 0.05) is 17.2 Å². The number of nitrogens with one attached hydrogen (secondary N) is 1. The summed E-state index contributed by atoms with van der Waals surface area (Å²) in [7, 11) is 0. The Morgan fingerprint density at radius 1 is 1.71 bits per heavy atom. The van der Waals surface area contributed by atoms with E-state index in [1.807, 2.05) is 0 Å². The van der Waals surface area contributed by atoms with E-state index in [-0.39, 0.29) is 12.3 Å². The van der Waals surface area contributed by atoms with Crippen LogP contribution in [-0.2, 0) is 11.2 Å². The van der Waals surface area contributed by atoms with Gasteiger partial charge in [0.2, 0.25) is 0 Å². The number of hydrogen-bond donors (Lipinski definition) is 2. The predicted molar refractivity (Wildman–Crippen MR) is 59.2 cm³/mol. The average molecular weight is 306 g/mol. The van der Waals surface area contributed by atoms with Crippen molar-refractivity contribution in [2.45, 2.75) is 31.6 Å². The molecule has 0 saturated heterocycles. The van der Waals surface area contributed by atoms with Crippen LogP contribution in [0.2, 0.25) is 0 Å². The zero-order valence-corrected chi connectivity index (χ0v) is 9.74. The molecule has 0 aliphatic heterocycles. The number of aliphatic carboxylic acids is 1. The molecule has 0 aromatic carbocycles. The van der Waals surface area contributed by atoms with Crippen LogP contribution < -0.4 is 0 Å². The summed E-state index contributed by atoms with van der Waals surface area (Å²) in [5.74, 6) is -0.597. The Kier molecular flexibility index (Phi) is 2.76. The first-order valence-corrected chi connectivity index (χ1v) is 5.70. The van der Waals surface area contributed by atoms with Crippen molar-refractivity contribution in [1.82, 2.24) is 10.2 Å². The van der Waals surface area contributed by atoms with Crippen LogP contribution in [0.15, 0.2) is 0 Å². The minimum atomic E-state index is -0.729. The first kappa shape index (κ1) is 9.95. The Hall–Kier alpha value is -0.590. The molecule has 1 aromatic heterocycles. The van der Waals surface area contributed by atoms with E-state index in [1.165, 1.54) is 5.56 Å². The minimum absolute atomic E-state index is 0.132. The lowest BCUT2D eigenvalue weighted by molar-refractivity contribution is -0.137. The molecular formula is C9H11IN2O2. The van der Waals surface area contributed by atoms with Gasteiger partial charge >= 0.3 is 5.97 Å². The smallest absolute Gasteiger partial charge is 0.304 e. The van der Waals surface area contributed by atoms with Gasteiger partial charge in [-0.05, 0) is 41.9 Å². The summed E-state index contributed by atoms with van der Waals surface area (Å²) in [6, 6.07) is 0. The number of aromatic nitrogens is 2. The fourth-order valence-corrected chi connectivity index (χ4v) is 2.70. The molecule has 0 saturated carbocycles. The van der Waals surface area contributed by atoms with Crippen LogP contribution in [0.5, 0.6) is 0 Å². The second-order valence-electron chi connectivity index (χ2n) is 3.59. The van der Waals surface area contributed by atoms with E-state index in [1.54, 1.807) is 0 Å². The van der Waals surface area contributed by atoms with E-state index < -0.39 is 5.97 Å². The molecule has 14 heavy (non-hydrogen) atoms. The Morgan fingerprint density at radius 3 is 3.21 bits per heavy atom. The van der Waals surface area contributed by atoms with Crippen LogP contribution in [0, 0.1) is 3.70 Å². The molecule has 0 fully saturated rings. The Labute approximate surface area is 95.2 Å². The second-order valence-corrected chi connectivity index (χ2v) is 4.62. The zero-order valence-electron chi connectivity index (χ0n) is 7.59. The van der Waals surface area contributed by atoms with Crippen molar-refractivity contribution < 1.29 is 9.90 Å². The third-order valence-corrected chi connectivity index (χ3v) is 3.55. The Bertz CT molecular complexity index is 362. The number of fused-ring (bicyclic) bond motifs is 1. The van der Waals surface area contributed by atoms with Gasteiger partial charge in [-0.1, -0.05) is 0 Å². The summed E-state index contributed by atoms with van der Waals surface area (Å²) in [4.78, 5) is 10.6. The number of hydrogen-bond acceptors (Lipinski definition) is 2. The van der Waals surface area contributed by atoms with Crippen LogP contribution in [0.3, 0.4) is 0 Å². The van der Waals surface area contributed by atoms with Crippen molar-refractivity contribution in [3.05, 3.63) is 15.0 Å². The molecule has 2 N–H and O–H groups in total. The van der Waals surface area contributed by atoms with Crippen molar-refractivity contribution in [2.24, 2.45) is 0 Å². The molecule has 1 atom stereocenters. The van der Waals surface area contributed by atoms with Gasteiger partial charge in [0.1, 0.15) is 3.70 Å². The first-order chi connectivity index (χ1) is 6.68. The topological polar surface area (TPSA) is 66.0 Å². The van der Waals surface area contributed by atoms with Crippen molar-refractivity contribution in [3.8, 4) is 0 Å². The molecule has 4 nitrogen and oxygen atoms in total. The lowest BCUT2D eigenvalue weighted by atomic mass is 9.86. The van der Waals surface area contributed by atoms with Gasteiger partial charge < -0.3 is 5.11 Å². The number of H-pyrrole nitrogens is 1. The molecule has 5 heteroatoms. The van der Waals surface area contributed by atoms with Gasteiger partial charge in [0.15, 0.2) is 0 Å². The number of carboxylic acids is 1. The summed E-state index contributed by atoms with van der Waals surface area (Å²) in [6.07, 6.45) is 3.27. The highest BCUT2D eigenvalue weighted by Gasteiger charge is 2.26. The quantitative estimate of drug-likeness (QED) is 0.820. The highest BCUT2D eigenvalue weighted by molar-refractivity contribution is 14.1. The summed E-state index contributed by atoms with van der Waals surface area (Å²) in [5, 5.41) is 15.8. The fourth-order valence-electron chi connectivity index (χ4n) is 2.02. The number of aromatic amines is 1. The van der Waals surface area contributed by atoms with Crippen LogP contribution >= 0.6 is 22.6 Å². The third kappa shape index (κ3) is 1.77. The van der Waals surface area contributed by atoms with Crippen molar-refractivity contribution in [2.75, 3.05) is 0 Å². The van der Waals surface area contributed by atoms with Crippen LogP contribution in [0.1, 0.15) is 36.4 Å². The number of nitrogens with zero attached hydrogens (tertiary/aromatic N) is 1. The lowest BCUT2D eigenvalue weighted by Gasteiger charge is -2.19. The number of carboxylic acid groups (broad SMARTS) is 1. The maximum absolute atomic E-state index is 10.6. The van der Waals surface area contributed by atoms with Gasteiger partial charge in [-0.15, -0.1) is 0 Å². The lowest BCUT2D eigenvalue weighted by Crippen LogP contribution is -2.13. The fraction of sp³-hybridized carbons (Fsp3) is 0.556. The van der Waals surface area contributed by atoms with E-state index in [2.05, 4.69) is 32.8 Å². The van der Waals surface area contributed by atoms with Gasteiger partial charge in [0.05, 0.1) is 6.42 Å². The highest BCUT2D eigenvalue weighted by Crippen LogP contribution is 2.34. The molecule has 1 heterocycles. The van der Waals surface area contributed by atoms with E-state index in [9.17, 15) is 4.79 Å². The maximum Gasteiger partial charge on any atom is 0.304 e. The Balaban J connectivity index is 2.27. The molecule has 0 spiro atoms. The molecule has 0 amide bonds. The van der Waals surface area contributed by atoms with Gasteiger partial charge in [-0.2, -0.15) is 5.10 Å². The summed E-state index contributed by atoms with van der Waals surface area (Å²) in [5.41, 5.74) is 2.27. The number of carbonyl (C=O) groups is 1. The summed E-state index contributed by atoms with van der Waals surface area (Å²) >= 11 is 2.19.